The van der Waals surface area contributed by atoms with Gasteiger partial charge in [0.05, 0.1) is 23.3 Å². The molecule has 176 valence electrons. The van der Waals surface area contributed by atoms with Gasteiger partial charge in [0, 0.05) is 47.8 Å². The average molecular weight is 496 g/mol. The number of allylic oxidation sites excluding steroid dienone is 3. The van der Waals surface area contributed by atoms with Gasteiger partial charge in [-0.05, 0) is 59.7 Å². The van der Waals surface area contributed by atoms with Gasteiger partial charge in [-0.15, -0.1) is 0 Å². The Morgan fingerprint density at radius 2 is 1.76 bits per heavy atom. The molecule has 3 aliphatic heterocycles. The Hall–Kier alpha value is -2.43. The first-order valence-electron chi connectivity index (χ1n) is 11.9. The normalized spacial score (nSPS) is 22.9. The van der Waals surface area contributed by atoms with E-state index in [-0.39, 0.29) is 17.1 Å². The summed E-state index contributed by atoms with van der Waals surface area (Å²) in [4.78, 5) is 15.9. The minimum absolute atomic E-state index is 0.0778. The van der Waals surface area contributed by atoms with Gasteiger partial charge in [-0.3, -0.25) is 4.79 Å². The Morgan fingerprint density at radius 1 is 1.00 bits per heavy atom. The summed E-state index contributed by atoms with van der Waals surface area (Å²) in [5.41, 5.74) is 6.51. The Balaban J connectivity index is 1.54. The molecule has 0 unspecified atom stereocenters. The summed E-state index contributed by atoms with van der Waals surface area (Å²) >= 11 is 12.6. The molecular weight excluding hydrogens is 469 g/mol. The standard InChI is InChI=1S/C28H27Cl2NO3/c1-28(2)14-23-27(24(32)15-28)19(16-4-5-20(29)21(30)10-16)12-22-18-13-26-25(33-8-3-9-34-26)11-17(18)6-7-31(22)23/h4-5,10-13,19H,3,6-9,14-15H2,1-2H3/t19-/m1/s1. The molecule has 3 heterocycles. The van der Waals surface area contributed by atoms with Gasteiger partial charge < -0.3 is 14.4 Å². The van der Waals surface area contributed by atoms with Gasteiger partial charge in [0.15, 0.2) is 17.3 Å². The third kappa shape index (κ3) is 3.63. The number of ketones is 1. The van der Waals surface area contributed by atoms with E-state index in [1.165, 1.54) is 5.56 Å². The zero-order valence-electron chi connectivity index (χ0n) is 19.4. The zero-order valence-corrected chi connectivity index (χ0v) is 20.9. The van der Waals surface area contributed by atoms with Crippen LogP contribution in [0.2, 0.25) is 10.0 Å². The number of halogens is 2. The number of rotatable bonds is 1. The van der Waals surface area contributed by atoms with Crippen LogP contribution in [0.3, 0.4) is 0 Å². The van der Waals surface area contributed by atoms with Crippen LogP contribution in [-0.2, 0) is 11.2 Å². The van der Waals surface area contributed by atoms with E-state index < -0.39 is 0 Å². The Labute approximate surface area is 210 Å². The monoisotopic (exact) mass is 495 g/mol. The molecule has 1 atom stereocenters. The fourth-order valence-corrected chi connectivity index (χ4v) is 6.07. The van der Waals surface area contributed by atoms with Gasteiger partial charge in [-0.1, -0.05) is 43.1 Å². The Bertz CT molecular complexity index is 1280. The minimum Gasteiger partial charge on any atom is -0.490 e. The van der Waals surface area contributed by atoms with Gasteiger partial charge in [0.1, 0.15) is 0 Å². The fraction of sp³-hybridized carbons (Fsp3) is 0.393. The number of carbonyl (C=O) groups excluding carboxylic acids is 1. The maximum Gasteiger partial charge on any atom is 0.162 e. The second kappa shape index (κ2) is 8.07. The molecule has 4 aliphatic rings. The van der Waals surface area contributed by atoms with Crippen molar-refractivity contribution in [1.82, 2.24) is 4.90 Å². The van der Waals surface area contributed by atoms with Crippen LogP contribution in [0.1, 0.15) is 55.7 Å². The summed E-state index contributed by atoms with van der Waals surface area (Å²) in [5.74, 6) is 1.68. The summed E-state index contributed by atoms with van der Waals surface area (Å²) in [7, 11) is 0. The molecule has 6 heteroatoms. The van der Waals surface area contributed by atoms with Crippen LogP contribution in [0.5, 0.6) is 11.5 Å². The third-order valence-electron chi connectivity index (χ3n) is 7.31. The summed E-state index contributed by atoms with van der Waals surface area (Å²) < 4.78 is 12.0. The van der Waals surface area contributed by atoms with Crippen LogP contribution < -0.4 is 9.47 Å². The molecule has 0 saturated carbocycles. The molecule has 1 aliphatic carbocycles. The van der Waals surface area contributed by atoms with Crippen LogP contribution in [-0.4, -0.2) is 30.4 Å². The molecular formula is C28H27Cl2NO3. The fourth-order valence-electron chi connectivity index (χ4n) is 5.76. The van der Waals surface area contributed by atoms with E-state index in [0.29, 0.717) is 29.7 Å². The lowest BCUT2D eigenvalue weighted by Crippen LogP contribution is -2.40. The van der Waals surface area contributed by atoms with Gasteiger partial charge in [0.25, 0.3) is 0 Å². The summed E-state index contributed by atoms with van der Waals surface area (Å²) in [6.07, 6.45) is 5.42. The topological polar surface area (TPSA) is 38.8 Å². The Kier molecular flexibility index (Phi) is 5.23. The average Bonchev–Trinajstić information content (AvgIpc) is 3.03. The maximum absolute atomic E-state index is 13.5. The van der Waals surface area contributed by atoms with E-state index in [0.717, 1.165) is 65.4 Å². The highest BCUT2D eigenvalue weighted by Gasteiger charge is 2.43. The first kappa shape index (κ1) is 22.1. The van der Waals surface area contributed by atoms with Crippen molar-refractivity contribution in [2.75, 3.05) is 19.8 Å². The molecule has 0 bridgehead atoms. The number of carbonyl (C=O) groups is 1. The van der Waals surface area contributed by atoms with Crippen LogP contribution in [0.25, 0.3) is 5.70 Å². The van der Waals surface area contributed by atoms with E-state index in [2.05, 4.69) is 37.0 Å². The molecule has 2 aromatic rings. The van der Waals surface area contributed by atoms with Crippen molar-refractivity contribution in [2.24, 2.45) is 5.41 Å². The number of nitrogens with zero attached hydrogens (tertiary/aromatic N) is 1. The number of fused-ring (bicyclic) bond motifs is 5. The minimum atomic E-state index is -0.165. The van der Waals surface area contributed by atoms with Crippen molar-refractivity contribution in [3.8, 4) is 11.5 Å². The van der Waals surface area contributed by atoms with Crippen LogP contribution >= 0.6 is 23.2 Å². The van der Waals surface area contributed by atoms with Crippen molar-refractivity contribution in [3.05, 3.63) is 74.4 Å². The molecule has 0 radical (unpaired) electrons. The number of ether oxygens (including phenoxy) is 2. The number of hydrogen-bond acceptors (Lipinski definition) is 4. The highest BCUT2D eigenvalue weighted by molar-refractivity contribution is 6.42. The first-order chi connectivity index (χ1) is 16.3. The van der Waals surface area contributed by atoms with Crippen LogP contribution in [0.15, 0.2) is 47.7 Å². The van der Waals surface area contributed by atoms with Gasteiger partial charge in [-0.2, -0.15) is 0 Å². The van der Waals surface area contributed by atoms with E-state index in [4.69, 9.17) is 32.7 Å². The molecule has 6 rings (SSSR count). The molecule has 34 heavy (non-hydrogen) atoms. The van der Waals surface area contributed by atoms with Gasteiger partial charge in [-0.25, -0.2) is 0 Å². The van der Waals surface area contributed by atoms with Gasteiger partial charge in [0.2, 0.25) is 0 Å². The molecule has 0 amide bonds. The lowest BCUT2D eigenvalue weighted by Gasteiger charge is -2.46. The lowest BCUT2D eigenvalue weighted by molar-refractivity contribution is -0.118. The van der Waals surface area contributed by atoms with E-state index >= 15 is 0 Å². The summed E-state index contributed by atoms with van der Waals surface area (Å²) in [6.45, 7) is 6.54. The molecule has 2 aromatic carbocycles. The molecule has 4 nitrogen and oxygen atoms in total. The van der Waals surface area contributed by atoms with Crippen molar-refractivity contribution < 1.29 is 14.3 Å². The third-order valence-corrected chi connectivity index (χ3v) is 8.04. The van der Waals surface area contributed by atoms with Crippen molar-refractivity contribution in [2.45, 2.75) is 45.4 Å². The second-order valence-electron chi connectivity index (χ2n) is 10.4. The second-order valence-corrected chi connectivity index (χ2v) is 11.2. The summed E-state index contributed by atoms with van der Waals surface area (Å²) in [5, 5.41) is 1.02. The van der Waals surface area contributed by atoms with E-state index in [9.17, 15) is 4.79 Å². The zero-order chi connectivity index (χ0) is 23.6. The maximum atomic E-state index is 13.5. The number of hydrogen-bond donors (Lipinski definition) is 0. The van der Waals surface area contributed by atoms with Crippen molar-refractivity contribution >= 4 is 34.7 Å². The largest absolute Gasteiger partial charge is 0.490 e. The SMILES string of the molecule is CC1(C)CC(=O)C2=C(C1)N1CCc3cc4c(cc3C1=C[C@@H]2c1ccc(Cl)c(Cl)c1)OCCCO4. The summed E-state index contributed by atoms with van der Waals surface area (Å²) in [6, 6.07) is 9.97. The number of benzene rings is 2. The van der Waals surface area contributed by atoms with Crippen LogP contribution in [0, 0.1) is 5.41 Å². The highest BCUT2D eigenvalue weighted by atomic mass is 35.5. The highest BCUT2D eigenvalue weighted by Crippen LogP contribution is 2.51. The molecule has 0 N–H and O–H groups in total. The molecule has 0 fully saturated rings. The molecule has 0 aromatic heterocycles. The molecule has 0 saturated heterocycles. The smallest absolute Gasteiger partial charge is 0.162 e. The van der Waals surface area contributed by atoms with Crippen molar-refractivity contribution in [3.63, 3.8) is 0 Å². The molecule has 0 spiro atoms. The van der Waals surface area contributed by atoms with E-state index in [1.54, 1.807) is 0 Å². The van der Waals surface area contributed by atoms with Crippen LogP contribution in [0.4, 0.5) is 0 Å². The lowest BCUT2D eigenvalue weighted by atomic mass is 9.69. The predicted octanol–water partition coefficient (Wildman–Crippen LogP) is 6.79. The predicted molar refractivity (Wildman–Crippen MR) is 135 cm³/mol. The number of Topliss-reactive ketones (excluding diaryl/α,β-unsaturated/α-hetero) is 1. The quantitative estimate of drug-likeness (QED) is 0.436. The van der Waals surface area contributed by atoms with Gasteiger partial charge >= 0.3 is 0 Å². The van der Waals surface area contributed by atoms with E-state index in [1.807, 2.05) is 18.2 Å². The first-order valence-corrected chi connectivity index (χ1v) is 12.7. The Morgan fingerprint density at radius 3 is 2.53 bits per heavy atom. The van der Waals surface area contributed by atoms with Crippen molar-refractivity contribution in [1.29, 1.82) is 0 Å².